The number of rotatable bonds is 2. The molecule has 3 rings (SSSR count). The summed E-state index contributed by atoms with van der Waals surface area (Å²) in [5.74, 6) is 1.22. The Morgan fingerprint density at radius 1 is 0.920 bits per heavy atom. The molecule has 130 valence electrons. The van der Waals surface area contributed by atoms with Gasteiger partial charge in [0.2, 0.25) is 5.69 Å². The molecule has 0 saturated carbocycles. The van der Waals surface area contributed by atoms with Crippen molar-refractivity contribution in [1.29, 1.82) is 0 Å². The molecule has 0 aliphatic carbocycles. The Kier molecular flexibility index (Phi) is 4.28. The molecule has 0 unspecified atom stereocenters. The van der Waals surface area contributed by atoms with E-state index in [1.54, 1.807) is 0 Å². The molecule has 0 N–H and O–H groups in total. The first-order chi connectivity index (χ1) is 11.7. The van der Waals surface area contributed by atoms with E-state index in [0.717, 1.165) is 0 Å². The van der Waals surface area contributed by atoms with Crippen LogP contribution < -0.4 is 9.13 Å². The summed E-state index contributed by atoms with van der Waals surface area (Å²) in [6.07, 6.45) is 6.45. The maximum absolute atomic E-state index is 2.25. The van der Waals surface area contributed by atoms with Gasteiger partial charge in [0.15, 0.2) is 6.20 Å². The number of aryl methyl sites for hydroxylation is 3. The van der Waals surface area contributed by atoms with E-state index in [0.29, 0.717) is 0 Å². The average Bonchev–Trinajstić information content (AvgIpc) is 2.86. The minimum atomic E-state index is 0.157. The topological polar surface area (TPSA) is 12.7 Å². The van der Waals surface area contributed by atoms with E-state index >= 15 is 0 Å². The van der Waals surface area contributed by atoms with Gasteiger partial charge in [-0.25, -0.2) is 13.7 Å². The van der Waals surface area contributed by atoms with Crippen LogP contribution in [0, 0.1) is 6.92 Å². The van der Waals surface area contributed by atoms with Crippen molar-refractivity contribution in [1.82, 2.24) is 4.57 Å². The normalized spacial score (nSPS) is 11.8. The molecule has 0 amide bonds. The summed E-state index contributed by atoms with van der Waals surface area (Å²) in [6.45, 7) is 8.98. The SMILES string of the molecule is Cc1c(-c2ccc(C(C)(C)C)c[n+]2C)cccc1-c1n(C)cc[n+]1C. The van der Waals surface area contributed by atoms with Crippen LogP contribution in [-0.2, 0) is 26.6 Å². The monoisotopic (exact) mass is 335 g/mol. The first-order valence-corrected chi connectivity index (χ1v) is 8.81. The second-order valence-corrected chi connectivity index (χ2v) is 7.99. The molecular formula is C22H29N3+2. The van der Waals surface area contributed by atoms with Crippen LogP contribution >= 0.6 is 0 Å². The molecule has 3 nitrogen and oxygen atoms in total. The Morgan fingerprint density at radius 3 is 2.16 bits per heavy atom. The van der Waals surface area contributed by atoms with Crippen LogP contribution in [0.2, 0.25) is 0 Å². The van der Waals surface area contributed by atoms with E-state index in [1.165, 1.54) is 33.8 Å². The lowest BCUT2D eigenvalue weighted by atomic mass is 9.87. The lowest BCUT2D eigenvalue weighted by Crippen LogP contribution is -2.33. The number of imidazole rings is 1. The Hall–Kier alpha value is -2.42. The highest BCUT2D eigenvalue weighted by Crippen LogP contribution is 2.30. The Morgan fingerprint density at radius 2 is 1.60 bits per heavy atom. The van der Waals surface area contributed by atoms with Crippen molar-refractivity contribution in [2.45, 2.75) is 33.1 Å². The van der Waals surface area contributed by atoms with Crippen LogP contribution in [0.3, 0.4) is 0 Å². The van der Waals surface area contributed by atoms with Crippen LogP contribution in [0.5, 0.6) is 0 Å². The molecule has 0 radical (unpaired) electrons. The van der Waals surface area contributed by atoms with E-state index in [2.05, 4.69) is 111 Å². The van der Waals surface area contributed by atoms with Gasteiger partial charge in [-0.3, -0.25) is 0 Å². The molecule has 0 fully saturated rings. The molecule has 0 bridgehead atoms. The van der Waals surface area contributed by atoms with Crippen molar-refractivity contribution >= 4 is 0 Å². The molecule has 0 aliphatic rings. The first-order valence-electron chi connectivity index (χ1n) is 8.81. The highest BCUT2D eigenvalue weighted by atomic mass is 15.1. The van der Waals surface area contributed by atoms with Gasteiger partial charge in [0, 0.05) is 17.2 Å². The van der Waals surface area contributed by atoms with Gasteiger partial charge in [-0.05, 0) is 36.1 Å². The first kappa shape index (κ1) is 17.4. The van der Waals surface area contributed by atoms with E-state index in [-0.39, 0.29) is 5.41 Å². The fourth-order valence-corrected chi connectivity index (χ4v) is 3.46. The van der Waals surface area contributed by atoms with E-state index in [1.807, 2.05) is 0 Å². The average molecular weight is 335 g/mol. The van der Waals surface area contributed by atoms with Crippen molar-refractivity contribution in [2.75, 3.05) is 0 Å². The summed E-state index contributed by atoms with van der Waals surface area (Å²) in [5, 5.41) is 0. The summed E-state index contributed by atoms with van der Waals surface area (Å²) in [6, 6.07) is 11.1. The molecule has 25 heavy (non-hydrogen) atoms. The lowest BCUT2D eigenvalue weighted by Gasteiger charge is -2.17. The standard InChI is InChI=1S/C22H29N3/c1-16-18(20-12-11-17(15-25(20)7)22(2,3)4)9-8-10-19(16)21-23(5)13-14-24(21)6/h8-15H,1-7H3/q+2. The Labute approximate surface area is 151 Å². The summed E-state index contributed by atoms with van der Waals surface area (Å²) in [7, 11) is 6.33. The third-order valence-corrected chi connectivity index (χ3v) is 5.03. The highest BCUT2D eigenvalue weighted by molar-refractivity contribution is 5.72. The van der Waals surface area contributed by atoms with Crippen molar-refractivity contribution in [3.05, 3.63) is 60.0 Å². The fourth-order valence-electron chi connectivity index (χ4n) is 3.46. The third kappa shape index (κ3) is 3.11. The van der Waals surface area contributed by atoms with Crippen molar-refractivity contribution in [2.24, 2.45) is 21.1 Å². The molecule has 0 saturated heterocycles. The lowest BCUT2D eigenvalue weighted by molar-refractivity contribution is -0.661. The number of pyridine rings is 1. The minimum Gasteiger partial charge on any atom is -0.233 e. The molecule has 3 aromatic rings. The minimum absolute atomic E-state index is 0.157. The van der Waals surface area contributed by atoms with Gasteiger partial charge in [0.05, 0.1) is 19.7 Å². The van der Waals surface area contributed by atoms with Crippen LogP contribution in [-0.4, -0.2) is 4.57 Å². The van der Waals surface area contributed by atoms with Crippen LogP contribution in [0.4, 0.5) is 0 Å². The van der Waals surface area contributed by atoms with E-state index < -0.39 is 0 Å². The van der Waals surface area contributed by atoms with Gasteiger partial charge in [-0.2, -0.15) is 0 Å². The van der Waals surface area contributed by atoms with Gasteiger partial charge in [0.1, 0.15) is 19.4 Å². The molecule has 2 aromatic heterocycles. The predicted octanol–water partition coefficient (Wildman–Crippen LogP) is 3.61. The Balaban J connectivity index is 2.16. The van der Waals surface area contributed by atoms with Crippen LogP contribution in [0.25, 0.3) is 22.6 Å². The van der Waals surface area contributed by atoms with Crippen molar-refractivity contribution in [3.63, 3.8) is 0 Å². The molecule has 0 atom stereocenters. The Bertz CT molecular complexity index is 907. The number of benzene rings is 1. The fraction of sp³-hybridized carbons (Fsp3) is 0.364. The number of aromatic nitrogens is 3. The van der Waals surface area contributed by atoms with Crippen LogP contribution in [0.15, 0.2) is 48.9 Å². The number of hydrogen-bond acceptors (Lipinski definition) is 0. The molecule has 2 heterocycles. The molecule has 1 aromatic carbocycles. The largest absolute Gasteiger partial charge is 0.288 e. The number of hydrogen-bond donors (Lipinski definition) is 0. The zero-order valence-corrected chi connectivity index (χ0v) is 16.5. The van der Waals surface area contributed by atoms with Gasteiger partial charge in [-0.15, -0.1) is 0 Å². The highest BCUT2D eigenvalue weighted by Gasteiger charge is 2.23. The van der Waals surface area contributed by atoms with Gasteiger partial charge >= 0.3 is 0 Å². The summed E-state index contributed by atoms with van der Waals surface area (Å²) in [5.41, 5.74) is 6.60. The van der Waals surface area contributed by atoms with Crippen molar-refractivity contribution in [3.8, 4) is 22.6 Å². The zero-order chi connectivity index (χ0) is 18.4. The predicted molar refractivity (Wildman–Crippen MR) is 102 cm³/mol. The zero-order valence-electron chi connectivity index (χ0n) is 16.5. The molecule has 0 aliphatic heterocycles. The third-order valence-electron chi connectivity index (χ3n) is 5.03. The molecular weight excluding hydrogens is 306 g/mol. The maximum Gasteiger partial charge on any atom is 0.288 e. The summed E-state index contributed by atoms with van der Waals surface area (Å²) in [4.78, 5) is 0. The van der Waals surface area contributed by atoms with E-state index in [4.69, 9.17) is 0 Å². The second-order valence-electron chi connectivity index (χ2n) is 7.99. The number of nitrogens with zero attached hydrogens (tertiary/aromatic N) is 3. The molecule has 3 heteroatoms. The van der Waals surface area contributed by atoms with Gasteiger partial charge < -0.3 is 0 Å². The van der Waals surface area contributed by atoms with Gasteiger partial charge in [0.25, 0.3) is 5.82 Å². The summed E-state index contributed by atoms with van der Waals surface area (Å²) < 4.78 is 6.60. The van der Waals surface area contributed by atoms with E-state index in [9.17, 15) is 0 Å². The second kappa shape index (κ2) is 6.14. The van der Waals surface area contributed by atoms with Crippen molar-refractivity contribution < 1.29 is 9.13 Å². The van der Waals surface area contributed by atoms with Crippen LogP contribution in [0.1, 0.15) is 31.9 Å². The summed E-state index contributed by atoms with van der Waals surface area (Å²) >= 11 is 0. The smallest absolute Gasteiger partial charge is 0.233 e. The maximum atomic E-state index is 2.25. The quantitative estimate of drug-likeness (QED) is 0.635. The molecule has 0 spiro atoms. The van der Waals surface area contributed by atoms with Gasteiger partial charge in [-0.1, -0.05) is 26.8 Å².